The van der Waals surface area contributed by atoms with Crippen molar-refractivity contribution in [2.75, 3.05) is 27.2 Å². The molecule has 0 radical (unpaired) electrons. The molecule has 24 heavy (non-hydrogen) atoms. The molecule has 0 atom stereocenters. The lowest BCUT2D eigenvalue weighted by atomic mass is 10.1. The third kappa shape index (κ3) is 5.52. The molecular weight excluding hydrogens is 307 g/mol. The summed E-state index contributed by atoms with van der Waals surface area (Å²) in [4.78, 5) is 7.29. The molecule has 2 aromatic rings. The monoisotopic (exact) mass is 328 g/mol. The van der Waals surface area contributed by atoms with E-state index in [1.165, 1.54) is 6.07 Å². The van der Waals surface area contributed by atoms with E-state index in [9.17, 15) is 9.50 Å². The Morgan fingerprint density at radius 3 is 2.54 bits per heavy atom. The Labute approximate surface area is 141 Å². The van der Waals surface area contributed by atoms with Gasteiger partial charge in [0.25, 0.3) is 0 Å². The van der Waals surface area contributed by atoms with Crippen LogP contribution in [0.2, 0.25) is 0 Å². The van der Waals surface area contributed by atoms with Gasteiger partial charge >= 0.3 is 0 Å². The van der Waals surface area contributed by atoms with E-state index in [1.807, 2.05) is 19.0 Å². The molecule has 0 amide bonds. The number of likely N-dealkylation sites (N-methyl/N-ethyl adjacent to an activating group) is 1. The highest BCUT2D eigenvalue weighted by atomic mass is 19.1. The van der Waals surface area contributed by atoms with Gasteiger partial charge in [0, 0.05) is 12.1 Å². The minimum atomic E-state index is -0.359. The van der Waals surface area contributed by atoms with Crippen LogP contribution in [0.3, 0.4) is 0 Å². The lowest BCUT2D eigenvalue weighted by Gasteiger charge is -2.08. The number of rotatable bonds is 7. The highest BCUT2D eigenvalue weighted by molar-refractivity contribution is 6.10. The zero-order valence-corrected chi connectivity index (χ0v) is 13.8. The van der Waals surface area contributed by atoms with Crippen molar-refractivity contribution in [3.63, 3.8) is 0 Å². The molecule has 0 heterocycles. The molecule has 0 saturated heterocycles. The van der Waals surface area contributed by atoms with E-state index in [1.54, 1.807) is 54.6 Å². The number of hydrogen-bond acceptors (Lipinski definition) is 4. The summed E-state index contributed by atoms with van der Waals surface area (Å²) in [6.07, 6.45) is 3.49. The van der Waals surface area contributed by atoms with Crippen LogP contribution < -0.4 is 0 Å². The van der Waals surface area contributed by atoms with Crippen LogP contribution in [0.4, 0.5) is 4.39 Å². The van der Waals surface area contributed by atoms with Gasteiger partial charge < -0.3 is 14.8 Å². The van der Waals surface area contributed by atoms with E-state index in [4.69, 9.17) is 4.84 Å². The van der Waals surface area contributed by atoms with Crippen molar-refractivity contribution in [3.05, 3.63) is 71.6 Å². The molecule has 0 bridgehead atoms. The quantitative estimate of drug-likeness (QED) is 0.480. The molecule has 0 spiro atoms. The second kappa shape index (κ2) is 8.84. The van der Waals surface area contributed by atoms with Crippen LogP contribution in [0.25, 0.3) is 6.08 Å². The van der Waals surface area contributed by atoms with Crippen LogP contribution in [0, 0.1) is 5.82 Å². The molecule has 0 unspecified atom stereocenters. The minimum Gasteiger partial charge on any atom is -0.508 e. The SMILES string of the molecule is CN(C)CCO/N=C(\C=C/c1ccc(O)cc1)c1ccccc1F. The Hall–Kier alpha value is -2.66. The Kier molecular flexibility index (Phi) is 6.51. The molecule has 0 aliphatic carbocycles. The molecule has 4 nitrogen and oxygen atoms in total. The van der Waals surface area contributed by atoms with Crippen LogP contribution in [-0.2, 0) is 4.84 Å². The van der Waals surface area contributed by atoms with E-state index >= 15 is 0 Å². The summed E-state index contributed by atoms with van der Waals surface area (Å²) in [5, 5.41) is 13.4. The first-order valence-corrected chi connectivity index (χ1v) is 7.63. The lowest BCUT2D eigenvalue weighted by Crippen LogP contribution is -2.17. The zero-order valence-electron chi connectivity index (χ0n) is 13.8. The highest BCUT2D eigenvalue weighted by Gasteiger charge is 2.07. The highest BCUT2D eigenvalue weighted by Crippen LogP contribution is 2.13. The van der Waals surface area contributed by atoms with Crippen LogP contribution >= 0.6 is 0 Å². The summed E-state index contributed by atoms with van der Waals surface area (Å²) in [6, 6.07) is 13.1. The third-order valence-electron chi connectivity index (χ3n) is 3.27. The first-order valence-electron chi connectivity index (χ1n) is 7.63. The number of halogens is 1. The normalized spacial score (nSPS) is 12.1. The van der Waals surface area contributed by atoms with Gasteiger partial charge in [0.1, 0.15) is 23.9 Å². The molecule has 0 aromatic heterocycles. The van der Waals surface area contributed by atoms with E-state index in [0.29, 0.717) is 17.9 Å². The van der Waals surface area contributed by atoms with Crippen LogP contribution in [0.1, 0.15) is 11.1 Å². The Morgan fingerprint density at radius 1 is 1.17 bits per heavy atom. The summed E-state index contributed by atoms with van der Waals surface area (Å²) < 4.78 is 14.0. The summed E-state index contributed by atoms with van der Waals surface area (Å²) in [5.41, 5.74) is 1.64. The number of oxime groups is 1. The van der Waals surface area contributed by atoms with Crippen LogP contribution in [-0.4, -0.2) is 43.0 Å². The maximum atomic E-state index is 14.0. The molecule has 126 valence electrons. The fraction of sp³-hybridized carbons (Fsp3) is 0.211. The van der Waals surface area contributed by atoms with Crippen molar-refractivity contribution in [3.8, 4) is 5.75 Å². The fourth-order valence-corrected chi connectivity index (χ4v) is 1.94. The smallest absolute Gasteiger partial charge is 0.132 e. The average molecular weight is 328 g/mol. The van der Waals surface area contributed by atoms with Crippen molar-refractivity contribution in [2.24, 2.45) is 5.16 Å². The predicted molar refractivity (Wildman–Crippen MR) is 94.6 cm³/mol. The molecule has 2 rings (SSSR count). The van der Waals surface area contributed by atoms with Gasteiger partial charge in [-0.1, -0.05) is 35.5 Å². The number of nitrogens with zero attached hydrogens (tertiary/aromatic N) is 2. The van der Waals surface area contributed by atoms with E-state index in [-0.39, 0.29) is 11.6 Å². The third-order valence-corrected chi connectivity index (χ3v) is 3.27. The maximum Gasteiger partial charge on any atom is 0.132 e. The summed E-state index contributed by atoms with van der Waals surface area (Å²) in [6.45, 7) is 1.13. The molecule has 0 fully saturated rings. The summed E-state index contributed by atoms with van der Waals surface area (Å²) >= 11 is 0. The molecule has 0 aliphatic rings. The van der Waals surface area contributed by atoms with Crippen molar-refractivity contribution >= 4 is 11.8 Å². The van der Waals surface area contributed by atoms with E-state index in [2.05, 4.69) is 5.16 Å². The van der Waals surface area contributed by atoms with Crippen molar-refractivity contribution < 1.29 is 14.3 Å². The van der Waals surface area contributed by atoms with E-state index < -0.39 is 0 Å². The zero-order chi connectivity index (χ0) is 17.4. The second-order valence-electron chi connectivity index (χ2n) is 5.52. The molecular formula is C19H21FN2O2. The Morgan fingerprint density at radius 2 is 1.88 bits per heavy atom. The van der Waals surface area contributed by atoms with E-state index in [0.717, 1.165) is 12.1 Å². The standard InChI is InChI=1S/C19H21FN2O2/c1-22(2)13-14-24-21-19(17-5-3-4-6-18(17)20)12-9-15-7-10-16(23)11-8-15/h3-12,23H,13-14H2,1-2H3/b12-9-,21-19+. The molecule has 5 heteroatoms. The number of phenols is 1. The number of aromatic hydroxyl groups is 1. The second-order valence-corrected chi connectivity index (χ2v) is 5.52. The van der Waals surface area contributed by atoms with Crippen molar-refractivity contribution in [1.82, 2.24) is 4.90 Å². The predicted octanol–water partition coefficient (Wildman–Crippen LogP) is 3.53. The van der Waals surface area contributed by atoms with Gasteiger partial charge in [0.05, 0.1) is 0 Å². The van der Waals surface area contributed by atoms with Gasteiger partial charge in [-0.2, -0.15) is 0 Å². The average Bonchev–Trinajstić information content (AvgIpc) is 2.56. The van der Waals surface area contributed by atoms with Gasteiger partial charge in [0.15, 0.2) is 0 Å². The van der Waals surface area contributed by atoms with Crippen LogP contribution in [0.5, 0.6) is 5.75 Å². The molecule has 0 aliphatic heterocycles. The largest absolute Gasteiger partial charge is 0.508 e. The summed E-state index contributed by atoms with van der Waals surface area (Å²) in [7, 11) is 3.88. The first-order chi connectivity index (χ1) is 11.6. The fourth-order valence-electron chi connectivity index (χ4n) is 1.94. The van der Waals surface area contributed by atoms with Gasteiger partial charge in [-0.15, -0.1) is 0 Å². The molecule has 2 aromatic carbocycles. The maximum absolute atomic E-state index is 14.0. The Bertz CT molecular complexity index is 710. The molecule has 0 saturated carbocycles. The lowest BCUT2D eigenvalue weighted by molar-refractivity contribution is 0.126. The van der Waals surface area contributed by atoms with Crippen LogP contribution in [0.15, 0.2) is 59.8 Å². The van der Waals surface area contributed by atoms with Gasteiger partial charge in [-0.25, -0.2) is 4.39 Å². The van der Waals surface area contributed by atoms with Crippen molar-refractivity contribution in [2.45, 2.75) is 0 Å². The van der Waals surface area contributed by atoms with Gasteiger partial charge in [0.2, 0.25) is 0 Å². The number of phenolic OH excluding ortho intramolecular Hbond substituents is 1. The number of benzene rings is 2. The first kappa shape index (κ1) is 17.7. The summed E-state index contributed by atoms with van der Waals surface area (Å²) in [5.74, 6) is -0.162. The number of hydrogen-bond donors (Lipinski definition) is 1. The van der Waals surface area contributed by atoms with Gasteiger partial charge in [-0.3, -0.25) is 0 Å². The minimum absolute atomic E-state index is 0.196. The topological polar surface area (TPSA) is 45.1 Å². The molecule has 1 N–H and O–H groups in total. The number of allylic oxidation sites excluding steroid dienone is 1. The van der Waals surface area contributed by atoms with Crippen molar-refractivity contribution in [1.29, 1.82) is 0 Å². The van der Waals surface area contributed by atoms with Gasteiger partial charge in [-0.05, 0) is 50.0 Å². The Balaban J connectivity index is 2.20.